The van der Waals surface area contributed by atoms with E-state index >= 15 is 0 Å². The predicted molar refractivity (Wildman–Crippen MR) is 100 cm³/mol. The van der Waals surface area contributed by atoms with Gasteiger partial charge in [0.25, 0.3) is 0 Å². The van der Waals surface area contributed by atoms with E-state index in [4.69, 9.17) is 11.1 Å². The average Bonchev–Trinajstić information content (AvgIpc) is 3.14. The van der Waals surface area contributed by atoms with Gasteiger partial charge in [0.2, 0.25) is 0 Å². The Morgan fingerprint density at radius 2 is 1.48 bits per heavy atom. The average molecular weight is 580 g/mol. The molecule has 25 heavy (non-hydrogen) atoms. The molecule has 0 aromatic heterocycles. The molecule has 0 aromatic carbocycles. The fraction of sp³-hybridized carbons (Fsp3) is 0.500. The first-order valence-corrected chi connectivity index (χ1v) is 12.7. The maximum atomic E-state index is 6.51. The van der Waals surface area contributed by atoms with Gasteiger partial charge >= 0.3 is 25.8 Å². The van der Waals surface area contributed by atoms with Crippen LogP contribution in [0.3, 0.4) is 0 Å². The molecule has 0 radical (unpaired) electrons. The van der Waals surface area contributed by atoms with E-state index in [1.165, 1.54) is 19.3 Å². The summed E-state index contributed by atoms with van der Waals surface area (Å²) in [6.07, 6.45) is 26.7. The van der Waals surface area contributed by atoms with Crippen molar-refractivity contribution >= 4 is 18.5 Å². The topological polar surface area (TPSA) is 0 Å². The van der Waals surface area contributed by atoms with E-state index in [1.807, 2.05) is 0 Å². The molecule has 4 aliphatic carbocycles. The SMILES string of the molecule is C1=CC2[CH-]CCC2C=C1.C[Si](C)(Cl)C1[CH-]CC2C=CC=CC21.[Cl-].[Cl-].[Hf+4]. The van der Waals surface area contributed by atoms with Gasteiger partial charge in [-0.25, -0.2) is 0 Å². The summed E-state index contributed by atoms with van der Waals surface area (Å²) in [5.41, 5.74) is 0.667. The van der Waals surface area contributed by atoms with Crippen molar-refractivity contribution in [1.82, 2.24) is 0 Å². The van der Waals surface area contributed by atoms with E-state index in [1.54, 1.807) is 0 Å². The largest absolute Gasteiger partial charge is 4.00 e. The second-order valence-electron chi connectivity index (χ2n) is 7.40. The van der Waals surface area contributed by atoms with Crippen LogP contribution in [0.15, 0.2) is 48.6 Å². The summed E-state index contributed by atoms with van der Waals surface area (Å²) < 4.78 is 0. The Morgan fingerprint density at radius 1 is 0.880 bits per heavy atom. The van der Waals surface area contributed by atoms with Crippen molar-refractivity contribution < 1.29 is 50.7 Å². The molecule has 5 unspecified atom stereocenters. The molecule has 0 aliphatic heterocycles. The van der Waals surface area contributed by atoms with E-state index in [2.05, 4.69) is 74.5 Å². The Morgan fingerprint density at radius 3 is 2.12 bits per heavy atom. The number of fused-ring (bicyclic) bond motifs is 2. The van der Waals surface area contributed by atoms with Crippen molar-refractivity contribution in [2.75, 3.05) is 0 Å². The van der Waals surface area contributed by atoms with Crippen LogP contribution in [0.5, 0.6) is 0 Å². The van der Waals surface area contributed by atoms with Crippen LogP contribution in [0, 0.1) is 36.5 Å². The van der Waals surface area contributed by atoms with Crippen LogP contribution in [-0.4, -0.2) is 7.38 Å². The molecule has 2 fully saturated rings. The molecule has 0 N–H and O–H groups in total. The fourth-order valence-electron chi connectivity index (χ4n) is 4.18. The molecular weight excluding hydrogens is 553 g/mol. The van der Waals surface area contributed by atoms with Gasteiger partial charge in [-0.2, -0.15) is 29.5 Å². The molecule has 0 heterocycles. The summed E-state index contributed by atoms with van der Waals surface area (Å²) in [5.74, 6) is 3.05. The maximum absolute atomic E-state index is 6.51. The van der Waals surface area contributed by atoms with E-state index < -0.39 is 7.38 Å². The van der Waals surface area contributed by atoms with Crippen molar-refractivity contribution in [2.24, 2.45) is 23.7 Å². The number of hydrogen-bond acceptors (Lipinski definition) is 0. The molecule has 5 atom stereocenters. The van der Waals surface area contributed by atoms with Gasteiger partial charge in [0.15, 0.2) is 0 Å². The van der Waals surface area contributed by atoms with Gasteiger partial charge < -0.3 is 37.7 Å². The molecule has 4 aliphatic rings. The van der Waals surface area contributed by atoms with Crippen molar-refractivity contribution in [3.63, 3.8) is 0 Å². The van der Waals surface area contributed by atoms with Crippen LogP contribution in [-0.2, 0) is 25.8 Å². The number of hydrogen-bond donors (Lipinski definition) is 0. The van der Waals surface area contributed by atoms with E-state index in [9.17, 15) is 0 Å². The standard InChI is InChI=1S/C11H16ClSi.C9H11.2ClH.Hf/c1-13(2,12)11-8-7-9-5-3-4-6-10(9)11;1-2-5-9-7-3-6-8(9)4-1;;;/h3-6,8-11H,7H2,1-2H3;1-2,4-6,8-9H,3,7H2;2*1H;/q2*-1;;;+4/p-2. The van der Waals surface area contributed by atoms with E-state index in [0.29, 0.717) is 11.5 Å². The van der Waals surface area contributed by atoms with Gasteiger partial charge in [-0.1, -0.05) is 62.0 Å². The minimum absolute atomic E-state index is 0. The molecule has 136 valence electrons. The van der Waals surface area contributed by atoms with Crippen molar-refractivity contribution in [3.05, 3.63) is 61.4 Å². The zero-order valence-corrected chi connectivity index (χ0v) is 21.8. The molecule has 5 heteroatoms. The van der Waals surface area contributed by atoms with Gasteiger partial charge in [0, 0.05) is 0 Å². The van der Waals surface area contributed by atoms with Gasteiger partial charge in [0.05, 0.1) is 0 Å². The van der Waals surface area contributed by atoms with Crippen molar-refractivity contribution in [1.29, 1.82) is 0 Å². The monoisotopic (exact) mass is 580 g/mol. The second-order valence-corrected chi connectivity index (χ2v) is 14.1. The summed E-state index contributed by atoms with van der Waals surface area (Å²) in [7, 11) is -1.50. The number of allylic oxidation sites excluding steroid dienone is 8. The summed E-state index contributed by atoms with van der Waals surface area (Å²) >= 11 is 6.51. The van der Waals surface area contributed by atoms with Crippen molar-refractivity contribution in [2.45, 2.75) is 37.9 Å². The molecule has 0 amide bonds. The smallest absolute Gasteiger partial charge is 1.00 e. The number of halogens is 3. The molecule has 0 spiro atoms. The molecule has 0 aromatic rings. The summed E-state index contributed by atoms with van der Waals surface area (Å²) in [6, 6.07) is 0. The Kier molecular flexibility index (Phi) is 12.1. The number of rotatable bonds is 1. The van der Waals surface area contributed by atoms with Gasteiger partial charge in [-0.15, -0.1) is 12.0 Å². The Balaban J connectivity index is 0.000000430. The fourth-order valence-corrected chi connectivity index (χ4v) is 6.86. The third kappa shape index (κ3) is 6.78. The van der Waals surface area contributed by atoms with Crippen LogP contribution in [0.4, 0.5) is 0 Å². The van der Waals surface area contributed by atoms with Crippen LogP contribution >= 0.6 is 11.1 Å². The van der Waals surface area contributed by atoms with Crippen LogP contribution in [0.25, 0.3) is 0 Å². The zero-order chi connectivity index (χ0) is 15.6. The normalized spacial score (nSPS) is 33.8. The van der Waals surface area contributed by atoms with E-state index in [-0.39, 0.29) is 50.7 Å². The molecule has 0 saturated heterocycles. The third-order valence-corrected chi connectivity index (χ3v) is 8.36. The van der Waals surface area contributed by atoms with E-state index in [0.717, 1.165) is 17.8 Å². The van der Waals surface area contributed by atoms with Crippen molar-refractivity contribution in [3.8, 4) is 0 Å². The quantitative estimate of drug-likeness (QED) is 0.235. The summed E-state index contributed by atoms with van der Waals surface area (Å²) in [6.45, 7) is 4.51. The van der Waals surface area contributed by atoms with Gasteiger partial charge in [-0.3, -0.25) is 0 Å². The summed E-state index contributed by atoms with van der Waals surface area (Å²) in [5, 5.41) is 0. The maximum Gasteiger partial charge on any atom is 4.00 e. The first-order valence-electron chi connectivity index (χ1n) is 8.61. The Bertz CT molecular complexity index is 490. The zero-order valence-electron chi connectivity index (χ0n) is 14.9. The Labute approximate surface area is 191 Å². The van der Waals surface area contributed by atoms with Crippen LogP contribution in [0.1, 0.15) is 19.3 Å². The second kappa shape index (κ2) is 11.7. The first-order chi connectivity index (χ1) is 10.6. The molecular formula is C20H27Cl3HfSi. The van der Waals surface area contributed by atoms with Gasteiger partial charge in [-0.05, 0) is 17.8 Å². The predicted octanol–water partition coefficient (Wildman–Crippen LogP) is 0.115. The first kappa shape index (κ1) is 25.9. The van der Waals surface area contributed by atoms with Crippen LogP contribution in [0.2, 0.25) is 18.6 Å². The minimum Gasteiger partial charge on any atom is -1.00 e. The minimum atomic E-state index is -1.50. The third-order valence-electron chi connectivity index (χ3n) is 5.40. The van der Waals surface area contributed by atoms with Gasteiger partial charge in [0.1, 0.15) is 7.38 Å². The Hall–Kier alpha value is 0.917. The molecule has 0 nitrogen and oxygen atoms in total. The molecule has 4 rings (SSSR count). The molecule has 2 saturated carbocycles. The van der Waals surface area contributed by atoms with Crippen LogP contribution < -0.4 is 24.8 Å². The summed E-state index contributed by atoms with van der Waals surface area (Å²) in [4.78, 5) is 0. The molecule has 0 bridgehead atoms.